The van der Waals surface area contributed by atoms with Gasteiger partial charge in [0.25, 0.3) is 0 Å². The number of rotatable bonds is 6. The Morgan fingerprint density at radius 2 is 1.87 bits per heavy atom. The zero-order chi connectivity index (χ0) is 11.1. The number of benzene rings is 1. The fourth-order valence-electron chi connectivity index (χ4n) is 1.35. The summed E-state index contributed by atoms with van der Waals surface area (Å²) in [5.41, 5.74) is 2.43. The van der Waals surface area contributed by atoms with E-state index in [1.807, 2.05) is 0 Å². The minimum absolute atomic E-state index is 0.769. The molecule has 1 aromatic rings. The smallest absolute Gasteiger partial charge is 0.119 e. The Morgan fingerprint density at radius 3 is 2.40 bits per heavy atom. The number of unbranched alkanes of at least 4 members (excludes halogenated alkanes) is 1. The van der Waals surface area contributed by atoms with Gasteiger partial charge in [-0.05, 0) is 18.4 Å². The summed E-state index contributed by atoms with van der Waals surface area (Å²) in [6.07, 6.45) is 3.32. The molecule has 0 N–H and O–H groups in total. The Bertz CT molecular complexity index is 298. The fourth-order valence-corrected chi connectivity index (χ4v) is 1.35. The second-order valence-electron chi connectivity index (χ2n) is 3.68. The normalized spacial score (nSPS) is 10.0. The highest BCUT2D eigenvalue weighted by atomic mass is 16.5. The van der Waals surface area contributed by atoms with Crippen LogP contribution in [0.15, 0.2) is 30.8 Å². The van der Waals surface area contributed by atoms with Gasteiger partial charge in [0.1, 0.15) is 5.76 Å². The van der Waals surface area contributed by atoms with Crippen LogP contribution in [0, 0.1) is 0 Å². The zero-order valence-corrected chi connectivity index (χ0v) is 9.75. The summed E-state index contributed by atoms with van der Waals surface area (Å²) in [6.45, 7) is 9.01. The maximum atomic E-state index is 5.55. The van der Waals surface area contributed by atoms with Gasteiger partial charge in [-0.15, -0.1) is 0 Å². The van der Waals surface area contributed by atoms with Gasteiger partial charge in [-0.3, -0.25) is 0 Å². The first kappa shape index (κ1) is 11.8. The summed E-state index contributed by atoms with van der Waals surface area (Å²) in [5, 5.41) is 0. The number of ether oxygens (including phenoxy) is 1. The minimum atomic E-state index is 0.769. The topological polar surface area (TPSA) is 9.23 Å². The molecule has 0 aliphatic rings. The van der Waals surface area contributed by atoms with Crippen LogP contribution < -0.4 is 0 Å². The Labute approximate surface area is 92.8 Å². The van der Waals surface area contributed by atoms with Crippen molar-refractivity contribution in [3.05, 3.63) is 42.0 Å². The summed E-state index contributed by atoms with van der Waals surface area (Å²) in [4.78, 5) is 0. The first-order valence-electron chi connectivity index (χ1n) is 5.69. The number of hydrogen-bond acceptors (Lipinski definition) is 1. The van der Waals surface area contributed by atoms with E-state index in [4.69, 9.17) is 4.74 Å². The van der Waals surface area contributed by atoms with Crippen molar-refractivity contribution in [2.24, 2.45) is 0 Å². The average molecular weight is 204 g/mol. The number of aryl methyl sites for hydroxylation is 1. The quantitative estimate of drug-likeness (QED) is 0.502. The molecule has 1 aromatic carbocycles. The van der Waals surface area contributed by atoms with Gasteiger partial charge in [0, 0.05) is 5.56 Å². The molecule has 0 radical (unpaired) electrons. The van der Waals surface area contributed by atoms with E-state index < -0.39 is 0 Å². The van der Waals surface area contributed by atoms with E-state index in [1.165, 1.54) is 5.56 Å². The van der Waals surface area contributed by atoms with Crippen LogP contribution in [0.4, 0.5) is 0 Å². The predicted molar refractivity (Wildman–Crippen MR) is 65.7 cm³/mol. The summed E-state index contributed by atoms with van der Waals surface area (Å²) >= 11 is 0. The molecule has 1 heteroatoms. The largest absolute Gasteiger partial charge is 0.494 e. The van der Waals surface area contributed by atoms with Crippen molar-refractivity contribution >= 4 is 5.76 Å². The van der Waals surface area contributed by atoms with Crippen LogP contribution >= 0.6 is 0 Å². The van der Waals surface area contributed by atoms with E-state index in [0.29, 0.717) is 0 Å². The second kappa shape index (κ2) is 6.28. The molecule has 1 nitrogen and oxygen atoms in total. The van der Waals surface area contributed by atoms with Crippen LogP contribution in [0.3, 0.4) is 0 Å². The molecular weight excluding hydrogens is 184 g/mol. The van der Waals surface area contributed by atoms with Gasteiger partial charge in [-0.25, -0.2) is 0 Å². The highest BCUT2D eigenvalue weighted by Gasteiger charge is 1.99. The van der Waals surface area contributed by atoms with Gasteiger partial charge in [-0.1, -0.05) is 51.1 Å². The highest BCUT2D eigenvalue weighted by molar-refractivity contribution is 5.57. The van der Waals surface area contributed by atoms with Gasteiger partial charge >= 0.3 is 0 Å². The molecule has 0 spiro atoms. The lowest BCUT2D eigenvalue weighted by molar-refractivity contribution is 0.271. The van der Waals surface area contributed by atoms with Crippen molar-refractivity contribution < 1.29 is 4.74 Å². The molecule has 0 aromatic heterocycles. The molecule has 82 valence electrons. The molecule has 0 bridgehead atoms. The van der Waals surface area contributed by atoms with Gasteiger partial charge in [0.2, 0.25) is 0 Å². The Balaban J connectivity index is 2.50. The molecular formula is C14H20O. The van der Waals surface area contributed by atoms with Crippen molar-refractivity contribution in [1.82, 2.24) is 0 Å². The van der Waals surface area contributed by atoms with Crippen LogP contribution in [-0.4, -0.2) is 6.61 Å². The third kappa shape index (κ3) is 3.78. The van der Waals surface area contributed by atoms with E-state index >= 15 is 0 Å². The predicted octanol–water partition coefficient (Wildman–Crippen LogP) is 4.04. The van der Waals surface area contributed by atoms with Gasteiger partial charge in [-0.2, -0.15) is 0 Å². The van der Waals surface area contributed by atoms with Crippen molar-refractivity contribution in [2.75, 3.05) is 6.61 Å². The van der Waals surface area contributed by atoms with E-state index in [-0.39, 0.29) is 0 Å². The highest BCUT2D eigenvalue weighted by Crippen LogP contribution is 2.15. The Kier molecular flexibility index (Phi) is 4.96. The third-order valence-corrected chi connectivity index (χ3v) is 2.46. The molecule has 0 saturated heterocycles. The first-order valence-corrected chi connectivity index (χ1v) is 5.69. The van der Waals surface area contributed by atoms with Crippen LogP contribution in [-0.2, 0) is 11.2 Å². The molecule has 0 unspecified atom stereocenters. The molecule has 0 heterocycles. The molecule has 0 fully saturated rings. The SMILES string of the molecule is C=C(OCCCC)c1ccc(CC)cc1. The van der Waals surface area contributed by atoms with Crippen LogP contribution in [0.25, 0.3) is 5.76 Å². The Hall–Kier alpha value is -1.24. The van der Waals surface area contributed by atoms with E-state index in [2.05, 4.69) is 44.7 Å². The molecule has 0 saturated carbocycles. The van der Waals surface area contributed by atoms with E-state index in [1.54, 1.807) is 0 Å². The lowest BCUT2D eigenvalue weighted by atomic mass is 10.1. The lowest BCUT2D eigenvalue weighted by Crippen LogP contribution is -1.93. The summed E-state index contributed by atoms with van der Waals surface area (Å²) in [6, 6.07) is 8.41. The molecule has 0 aliphatic heterocycles. The minimum Gasteiger partial charge on any atom is -0.494 e. The average Bonchev–Trinajstić information content (AvgIpc) is 2.29. The number of hydrogen-bond donors (Lipinski definition) is 0. The summed E-state index contributed by atoms with van der Waals surface area (Å²) in [7, 11) is 0. The summed E-state index contributed by atoms with van der Waals surface area (Å²) < 4.78 is 5.55. The molecule has 1 rings (SSSR count). The van der Waals surface area contributed by atoms with Gasteiger partial charge in [0.15, 0.2) is 0 Å². The standard InChI is InChI=1S/C14H20O/c1-4-6-11-15-12(3)14-9-7-13(5-2)8-10-14/h7-10H,3-6,11H2,1-2H3. The maximum absolute atomic E-state index is 5.55. The van der Waals surface area contributed by atoms with Crippen LogP contribution in [0.1, 0.15) is 37.8 Å². The fraction of sp³-hybridized carbons (Fsp3) is 0.429. The van der Waals surface area contributed by atoms with Crippen molar-refractivity contribution in [2.45, 2.75) is 33.1 Å². The second-order valence-corrected chi connectivity index (χ2v) is 3.68. The molecule has 0 atom stereocenters. The first-order chi connectivity index (χ1) is 7.27. The van der Waals surface area contributed by atoms with Crippen molar-refractivity contribution in [1.29, 1.82) is 0 Å². The Morgan fingerprint density at radius 1 is 1.20 bits per heavy atom. The molecule has 0 aliphatic carbocycles. The zero-order valence-electron chi connectivity index (χ0n) is 9.75. The third-order valence-electron chi connectivity index (χ3n) is 2.46. The monoisotopic (exact) mass is 204 g/mol. The van der Waals surface area contributed by atoms with Gasteiger partial charge in [0.05, 0.1) is 6.61 Å². The van der Waals surface area contributed by atoms with Crippen LogP contribution in [0.5, 0.6) is 0 Å². The molecule has 0 amide bonds. The van der Waals surface area contributed by atoms with Crippen molar-refractivity contribution in [3.8, 4) is 0 Å². The van der Waals surface area contributed by atoms with Crippen LogP contribution in [0.2, 0.25) is 0 Å². The van der Waals surface area contributed by atoms with E-state index in [0.717, 1.165) is 37.2 Å². The summed E-state index contributed by atoms with van der Waals surface area (Å²) in [5.74, 6) is 0.783. The molecule has 15 heavy (non-hydrogen) atoms. The van der Waals surface area contributed by atoms with Gasteiger partial charge < -0.3 is 4.74 Å². The lowest BCUT2D eigenvalue weighted by Gasteiger charge is -2.09. The van der Waals surface area contributed by atoms with Crippen molar-refractivity contribution in [3.63, 3.8) is 0 Å². The maximum Gasteiger partial charge on any atom is 0.119 e. The van der Waals surface area contributed by atoms with E-state index in [9.17, 15) is 0 Å².